The summed E-state index contributed by atoms with van der Waals surface area (Å²) in [5.41, 5.74) is 2.90. The van der Waals surface area contributed by atoms with E-state index in [0.29, 0.717) is 6.41 Å². The average Bonchev–Trinajstić information content (AvgIpc) is 2.98. The van der Waals surface area contributed by atoms with Crippen molar-refractivity contribution >= 4 is 12.1 Å². The number of hydrogen-bond acceptors (Lipinski definition) is 3. The third-order valence-electron chi connectivity index (χ3n) is 3.18. The molecule has 1 aromatic heterocycles. The van der Waals surface area contributed by atoms with E-state index < -0.39 is 0 Å². The Kier molecular flexibility index (Phi) is 3.73. The first kappa shape index (κ1) is 13.1. The first-order valence-corrected chi connectivity index (χ1v) is 6.59. The van der Waals surface area contributed by atoms with Crippen LogP contribution in [0.1, 0.15) is 5.56 Å². The topological polar surface area (TPSA) is 59.8 Å². The summed E-state index contributed by atoms with van der Waals surface area (Å²) in [6.45, 7) is 0.720. The van der Waals surface area contributed by atoms with Gasteiger partial charge in [0, 0.05) is 11.3 Å². The van der Waals surface area contributed by atoms with E-state index in [0.717, 1.165) is 23.6 Å². The van der Waals surface area contributed by atoms with Crippen LogP contribution in [0.4, 0.5) is 5.69 Å². The number of amides is 1. The van der Waals surface area contributed by atoms with Gasteiger partial charge < -0.3 is 9.88 Å². The van der Waals surface area contributed by atoms with E-state index >= 15 is 0 Å². The van der Waals surface area contributed by atoms with Crippen LogP contribution in [0.5, 0.6) is 0 Å². The van der Waals surface area contributed by atoms with Crippen LogP contribution in [0, 0.1) is 0 Å². The molecule has 1 amide bonds. The maximum Gasteiger partial charge on any atom is 0.211 e. The highest BCUT2D eigenvalue weighted by Crippen LogP contribution is 2.20. The molecule has 1 heterocycles. The summed E-state index contributed by atoms with van der Waals surface area (Å²) in [5, 5.41) is 10.8. The van der Waals surface area contributed by atoms with Crippen LogP contribution in [-0.4, -0.2) is 21.2 Å². The molecule has 5 heteroatoms. The minimum atomic E-state index is 0.660. The van der Waals surface area contributed by atoms with Gasteiger partial charge in [-0.1, -0.05) is 30.3 Å². The van der Waals surface area contributed by atoms with Crippen molar-refractivity contribution < 1.29 is 4.79 Å². The zero-order chi connectivity index (χ0) is 14.5. The fourth-order valence-electron chi connectivity index (χ4n) is 2.16. The second-order valence-electron chi connectivity index (χ2n) is 4.61. The lowest BCUT2D eigenvalue weighted by Gasteiger charge is -2.07. The molecule has 1 N–H and O–H groups in total. The predicted molar refractivity (Wildman–Crippen MR) is 80.7 cm³/mol. The van der Waals surface area contributed by atoms with Gasteiger partial charge in [-0.05, 0) is 29.8 Å². The molecule has 0 aliphatic carbocycles. The van der Waals surface area contributed by atoms with Crippen molar-refractivity contribution in [3.8, 4) is 11.4 Å². The number of nitrogens with zero attached hydrogens (tertiary/aromatic N) is 3. The van der Waals surface area contributed by atoms with Gasteiger partial charge in [0.2, 0.25) is 6.41 Å². The highest BCUT2D eigenvalue weighted by atomic mass is 16.1. The van der Waals surface area contributed by atoms with Crippen molar-refractivity contribution in [1.29, 1.82) is 0 Å². The summed E-state index contributed by atoms with van der Waals surface area (Å²) in [6, 6.07) is 17.7. The van der Waals surface area contributed by atoms with Gasteiger partial charge in [-0.3, -0.25) is 4.79 Å². The number of carbonyl (C=O) groups excluding carboxylic acids is 1. The first-order chi connectivity index (χ1) is 10.4. The van der Waals surface area contributed by atoms with Crippen LogP contribution in [0.25, 0.3) is 11.4 Å². The third kappa shape index (κ3) is 2.97. The second kappa shape index (κ2) is 6.00. The standard InChI is InChI=1S/C16H14N4O/c21-12-17-15-8-6-14(7-9-15)16-19-18-11-20(16)10-13-4-2-1-3-5-13/h1-9,11-12H,10H2,(H,17,21). The van der Waals surface area contributed by atoms with E-state index in [1.54, 1.807) is 6.33 Å². The molecule has 21 heavy (non-hydrogen) atoms. The maximum absolute atomic E-state index is 10.4. The summed E-state index contributed by atoms with van der Waals surface area (Å²) in [4.78, 5) is 10.4. The summed E-state index contributed by atoms with van der Waals surface area (Å²) in [5.74, 6) is 0.802. The Morgan fingerprint density at radius 3 is 2.52 bits per heavy atom. The fourth-order valence-corrected chi connectivity index (χ4v) is 2.16. The average molecular weight is 278 g/mol. The van der Waals surface area contributed by atoms with Crippen molar-refractivity contribution in [3.63, 3.8) is 0 Å². The largest absolute Gasteiger partial charge is 0.329 e. The number of anilines is 1. The molecule has 0 radical (unpaired) electrons. The summed E-state index contributed by atoms with van der Waals surface area (Å²) >= 11 is 0. The molecule has 3 rings (SSSR count). The van der Waals surface area contributed by atoms with Gasteiger partial charge in [-0.15, -0.1) is 10.2 Å². The molecule has 0 aliphatic rings. The molecular formula is C16H14N4O. The number of benzene rings is 2. The molecule has 0 saturated carbocycles. The van der Waals surface area contributed by atoms with Crippen molar-refractivity contribution in [2.24, 2.45) is 0 Å². The van der Waals surface area contributed by atoms with Crippen LogP contribution in [0.2, 0.25) is 0 Å². The Hall–Kier alpha value is -2.95. The Bertz CT molecular complexity index is 720. The molecule has 2 aromatic carbocycles. The van der Waals surface area contributed by atoms with E-state index in [4.69, 9.17) is 0 Å². The number of aromatic nitrogens is 3. The number of nitrogens with one attached hydrogen (secondary N) is 1. The number of carbonyl (C=O) groups is 1. The van der Waals surface area contributed by atoms with Gasteiger partial charge in [-0.25, -0.2) is 0 Å². The molecule has 5 nitrogen and oxygen atoms in total. The van der Waals surface area contributed by atoms with Gasteiger partial charge in [-0.2, -0.15) is 0 Å². The lowest BCUT2D eigenvalue weighted by atomic mass is 10.2. The van der Waals surface area contributed by atoms with Crippen molar-refractivity contribution in [2.75, 3.05) is 5.32 Å². The quantitative estimate of drug-likeness (QED) is 0.730. The van der Waals surface area contributed by atoms with E-state index in [1.807, 2.05) is 47.0 Å². The van der Waals surface area contributed by atoms with Crippen LogP contribution in [0.15, 0.2) is 60.9 Å². The van der Waals surface area contributed by atoms with E-state index in [-0.39, 0.29) is 0 Å². The monoisotopic (exact) mass is 278 g/mol. The minimum Gasteiger partial charge on any atom is -0.329 e. The molecule has 3 aromatic rings. The predicted octanol–water partition coefficient (Wildman–Crippen LogP) is 2.56. The number of hydrogen-bond donors (Lipinski definition) is 1. The molecule has 104 valence electrons. The highest BCUT2D eigenvalue weighted by Gasteiger charge is 2.07. The van der Waals surface area contributed by atoms with Gasteiger partial charge >= 0.3 is 0 Å². The van der Waals surface area contributed by atoms with Crippen molar-refractivity contribution in [2.45, 2.75) is 6.54 Å². The summed E-state index contributed by atoms with van der Waals surface area (Å²) < 4.78 is 2.00. The summed E-state index contributed by atoms with van der Waals surface area (Å²) in [7, 11) is 0. The Labute approximate surface area is 122 Å². The zero-order valence-electron chi connectivity index (χ0n) is 11.3. The van der Waals surface area contributed by atoms with E-state index in [1.165, 1.54) is 5.56 Å². The Morgan fingerprint density at radius 1 is 1.05 bits per heavy atom. The van der Waals surface area contributed by atoms with E-state index in [9.17, 15) is 4.79 Å². The SMILES string of the molecule is O=CNc1ccc(-c2nncn2Cc2ccccc2)cc1. The molecule has 0 atom stereocenters. The smallest absolute Gasteiger partial charge is 0.211 e. The zero-order valence-corrected chi connectivity index (χ0v) is 11.3. The molecule has 0 spiro atoms. The maximum atomic E-state index is 10.4. The molecule has 0 bridgehead atoms. The molecular weight excluding hydrogens is 264 g/mol. The van der Waals surface area contributed by atoms with Gasteiger partial charge in [0.25, 0.3) is 0 Å². The molecule has 0 fully saturated rings. The van der Waals surface area contributed by atoms with Gasteiger partial charge in [0.1, 0.15) is 6.33 Å². The van der Waals surface area contributed by atoms with Crippen molar-refractivity contribution in [1.82, 2.24) is 14.8 Å². The van der Waals surface area contributed by atoms with E-state index in [2.05, 4.69) is 27.6 Å². The molecule has 0 aliphatic heterocycles. The highest BCUT2D eigenvalue weighted by molar-refractivity contribution is 5.72. The molecule has 0 saturated heterocycles. The van der Waals surface area contributed by atoms with Gasteiger partial charge in [0.05, 0.1) is 6.54 Å². The van der Waals surface area contributed by atoms with Gasteiger partial charge in [0.15, 0.2) is 5.82 Å². The second-order valence-corrected chi connectivity index (χ2v) is 4.61. The first-order valence-electron chi connectivity index (χ1n) is 6.59. The summed E-state index contributed by atoms with van der Waals surface area (Å²) in [6.07, 6.45) is 2.38. The molecule has 0 unspecified atom stereocenters. The van der Waals surface area contributed by atoms with Crippen LogP contribution in [-0.2, 0) is 11.3 Å². The van der Waals surface area contributed by atoms with Crippen LogP contribution >= 0.6 is 0 Å². The van der Waals surface area contributed by atoms with Crippen molar-refractivity contribution in [3.05, 3.63) is 66.5 Å². The Morgan fingerprint density at radius 2 is 1.81 bits per heavy atom. The fraction of sp³-hybridized carbons (Fsp3) is 0.0625. The lowest BCUT2D eigenvalue weighted by molar-refractivity contribution is -0.105. The third-order valence-corrected chi connectivity index (χ3v) is 3.18. The lowest BCUT2D eigenvalue weighted by Crippen LogP contribution is -2.01. The van der Waals surface area contributed by atoms with Crippen LogP contribution < -0.4 is 5.32 Å². The Balaban J connectivity index is 1.86. The number of rotatable bonds is 5. The normalized spacial score (nSPS) is 10.3. The minimum absolute atomic E-state index is 0.660. The van der Waals surface area contributed by atoms with Crippen LogP contribution in [0.3, 0.4) is 0 Å².